The summed E-state index contributed by atoms with van der Waals surface area (Å²) in [5, 5.41) is 9.13. The highest BCUT2D eigenvalue weighted by molar-refractivity contribution is 6.30. The molecule has 4 rings (SSSR count). The lowest BCUT2D eigenvalue weighted by Crippen LogP contribution is -2.29. The Labute approximate surface area is 191 Å². The van der Waals surface area contributed by atoms with E-state index in [1.54, 1.807) is 29.3 Å². The van der Waals surface area contributed by atoms with E-state index in [0.717, 1.165) is 12.1 Å². The summed E-state index contributed by atoms with van der Waals surface area (Å²) in [4.78, 5) is 16.9. The molecule has 0 saturated heterocycles. The topological polar surface area (TPSA) is 57.6 Å². The fourth-order valence-electron chi connectivity index (χ4n) is 3.48. The third-order valence-electron chi connectivity index (χ3n) is 5.04. The maximum Gasteiger partial charge on any atom is 0.416 e. The number of carbonyl (C=O) groups is 1. The van der Waals surface area contributed by atoms with Gasteiger partial charge in [0.25, 0.3) is 0 Å². The first-order valence-electron chi connectivity index (χ1n) is 9.87. The van der Waals surface area contributed by atoms with Crippen molar-refractivity contribution in [3.8, 4) is 0 Å². The Morgan fingerprint density at radius 2 is 1.76 bits per heavy atom. The van der Waals surface area contributed by atoms with Crippen molar-refractivity contribution in [2.75, 3.05) is 18.4 Å². The molecular formula is C23H17ClF4N4O. The molecule has 0 bridgehead atoms. The van der Waals surface area contributed by atoms with Crippen LogP contribution in [0.25, 0.3) is 0 Å². The second-order valence-electron chi connectivity index (χ2n) is 7.42. The van der Waals surface area contributed by atoms with Crippen LogP contribution >= 0.6 is 11.6 Å². The summed E-state index contributed by atoms with van der Waals surface area (Å²) in [6.45, 7) is 0.206. The van der Waals surface area contributed by atoms with Crippen LogP contribution in [-0.4, -0.2) is 34.7 Å². The number of hydrogen-bond donors (Lipinski definition) is 1. The van der Waals surface area contributed by atoms with E-state index < -0.39 is 17.6 Å². The Bertz CT molecular complexity index is 1160. The lowest BCUT2D eigenvalue weighted by Gasteiger charge is -2.16. The zero-order valence-corrected chi connectivity index (χ0v) is 17.7. The summed E-state index contributed by atoms with van der Waals surface area (Å²) in [6, 6.07) is 13.5. The summed E-state index contributed by atoms with van der Waals surface area (Å²) in [5.41, 5.74) is 1.43. The van der Waals surface area contributed by atoms with Crippen LogP contribution in [0.4, 0.5) is 23.2 Å². The highest BCUT2D eigenvalue weighted by atomic mass is 35.5. The molecule has 33 heavy (non-hydrogen) atoms. The number of pyridine rings is 1. The fraction of sp³-hybridized carbons (Fsp3) is 0.174. The minimum atomic E-state index is -4.45. The molecule has 0 aliphatic carbocycles. The molecule has 0 radical (unpaired) electrons. The van der Waals surface area contributed by atoms with Gasteiger partial charge in [0.15, 0.2) is 0 Å². The number of alkyl halides is 3. The lowest BCUT2D eigenvalue weighted by atomic mass is 9.94. The van der Waals surface area contributed by atoms with Gasteiger partial charge in [-0.3, -0.25) is 14.8 Å². The predicted molar refractivity (Wildman–Crippen MR) is 117 cm³/mol. The van der Waals surface area contributed by atoms with Crippen LogP contribution < -0.4 is 5.32 Å². The molecule has 1 aliphatic heterocycles. The molecule has 1 N–H and O–H groups in total. The normalized spacial score (nSPS) is 16.0. The number of halogens is 5. The molecule has 0 saturated carbocycles. The average Bonchev–Trinajstić information content (AvgIpc) is 3.18. The number of carbonyl (C=O) groups excluding carboxylic acids is 1. The van der Waals surface area contributed by atoms with Gasteiger partial charge in [0, 0.05) is 11.9 Å². The zero-order chi connectivity index (χ0) is 23.6. The van der Waals surface area contributed by atoms with Gasteiger partial charge in [-0.2, -0.15) is 18.3 Å². The van der Waals surface area contributed by atoms with Crippen molar-refractivity contribution in [2.45, 2.75) is 12.1 Å². The number of nitrogens with one attached hydrogen (secondary N) is 1. The van der Waals surface area contributed by atoms with E-state index in [1.807, 2.05) is 0 Å². The number of amides is 1. The first-order chi connectivity index (χ1) is 15.7. The average molecular weight is 477 g/mol. The monoisotopic (exact) mass is 476 g/mol. The van der Waals surface area contributed by atoms with E-state index in [2.05, 4.69) is 15.4 Å². The van der Waals surface area contributed by atoms with Crippen LogP contribution in [0, 0.1) is 5.82 Å². The van der Waals surface area contributed by atoms with E-state index in [4.69, 9.17) is 11.6 Å². The van der Waals surface area contributed by atoms with E-state index in [0.29, 0.717) is 28.5 Å². The van der Waals surface area contributed by atoms with Crippen LogP contribution in [-0.2, 0) is 11.0 Å². The third-order valence-corrected chi connectivity index (χ3v) is 5.27. The SMILES string of the molecule is O=C(CN1CC(c2ccc(Cl)cn2)C(c2ccc(F)cc2)=N1)Nc1ccc(C(F)(F)F)cc1. The van der Waals surface area contributed by atoms with Crippen LogP contribution in [0.15, 0.2) is 72.0 Å². The van der Waals surface area contributed by atoms with Crippen molar-refractivity contribution in [1.29, 1.82) is 0 Å². The Balaban J connectivity index is 1.50. The second-order valence-corrected chi connectivity index (χ2v) is 7.85. The van der Waals surface area contributed by atoms with E-state index in [-0.39, 0.29) is 24.0 Å². The molecule has 170 valence electrons. The minimum absolute atomic E-state index is 0.129. The van der Waals surface area contributed by atoms with E-state index >= 15 is 0 Å². The molecule has 5 nitrogen and oxygen atoms in total. The second kappa shape index (κ2) is 9.19. The van der Waals surface area contributed by atoms with Crippen molar-refractivity contribution >= 4 is 28.9 Å². The molecule has 1 aliphatic rings. The fourth-order valence-corrected chi connectivity index (χ4v) is 3.59. The summed E-state index contributed by atoms with van der Waals surface area (Å²) in [7, 11) is 0. The smallest absolute Gasteiger partial charge is 0.324 e. The molecule has 10 heteroatoms. The van der Waals surface area contributed by atoms with Gasteiger partial charge in [-0.25, -0.2) is 4.39 Å². The summed E-state index contributed by atoms with van der Waals surface area (Å²) >= 11 is 5.94. The number of benzene rings is 2. The van der Waals surface area contributed by atoms with Crippen LogP contribution in [0.3, 0.4) is 0 Å². The maximum absolute atomic E-state index is 13.4. The zero-order valence-electron chi connectivity index (χ0n) is 17.0. The van der Waals surface area contributed by atoms with E-state index in [9.17, 15) is 22.4 Å². The van der Waals surface area contributed by atoms with Crippen LogP contribution in [0.1, 0.15) is 22.7 Å². The largest absolute Gasteiger partial charge is 0.416 e. The predicted octanol–water partition coefficient (Wildman–Crippen LogP) is 5.34. The Hall–Kier alpha value is -3.46. The third kappa shape index (κ3) is 5.48. The van der Waals surface area contributed by atoms with Crippen molar-refractivity contribution in [3.63, 3.8) is 0 Å². The van der Waals surface area contributed by atoms with Crippen LogP contribution in [0.5, 0.6) is 0 Å². The molecule has 1 atom stereocenters. The van der Waals surface area contributed by atoms with Gasteiger partial charge in [0.05, 0.1) is 34.5 Å². The molecule has 3 aromatic rings. The van der Waals surface area contributed by atoms with Crippen LogP contribution in [0.2, 0.25) is 5.02 Å². The number of aromatic nitrogens is 1. The van der Waals surface area contributed by atoms with Gasteiger partial charge in [-0.05, 0) is 54.1 Å². The molecule has 0 fully saturated rings. The van der Waals surface area contributed by atoms with Gasteiger partial charge in [-0.1, -0.05) is 23.7 Å². The highest BCUT2D eigenvalue weighted by Crippen LogP contribution is 2.30. The number of anilines is 1. The van der Waals surface area contributed by atoms with Crippen molar-refractivity contribution < 1.29 is 22.4 Å². The quantitative estimate of drug-likeness (QED) is 0.506. The molecule has 2 aromatic carbocycles. The molecule has 1 unspecified atom stereocenters. The van der Waals surface area contributed by atoms with E-state index in [1.165, 1.54) is 30.5 Å². The molecule has 2 heterocycles. The number of nitrogens with zero attached hydrogens (tertiary/aromatic N) is 3. The summed E-state index contributed by atoms with van der Waals surface area (Å²) in [6.07, 6.45) is -2.94. The van der Waals surface area contributed by atoms with Crippen molar-refractivity contribution in [2.24, 2.45) is 5.10 Å². The molecule has 0 spiro atoms. The highest BCUT2D eigenvalue weighted by Gasteiger charge is 2.32. The Kier molecular flexibility index (Phi) is 6.33. The van der Waals surface area contributed by atoms with Crippen molar-refractivity contribution in [1.82, 2.24) is 9.99 Å². The first kappa shape index (κ1) is 22.7. The van der Waals surface area contributed by atoms with Gasteiger partial charge in [0.2, 0.25) is 5.91 Å². The minimum Gasteiger partial charge on any atom is -0.324 e. The lowest BCUT2D eigenvalue weighted by molar-refractivity contribution is -0.137. The van der Waals surface area contributed by atoms with Gasteiger partial charge < -0.3 is 5.32 Å². The van der Waals surface area contributed by atoms with Crippen molar-refractivity contribution in [3.05, 3.63) is 94.5 Å². The maximum atomic E-state index is 13.4. The Morgan fingerprint density at radius 1 is 1.06 bits per heavy atom. The summed E-state index contributed by atoms with van der Waals surface area (Å²) < 4.78 is 51.5. The standard InChI is InChI=1S/C23H17ClF4N4O/c24-16-5-10-20(29-11-16)19-12-32(31-22(19)14-1-6-17(25)7-2-14)13-21(33)30-18-8-3-15(4-9-18)23(26,27)28/h1-11,19H,12-13H2,(H,30,33). The van der Waals surface area contributed by atoms with Gasteiger partial charge in [-0.15, -0.1) is 0 Å². The first-order valence-corrected chi connectivity index (χ1v) is 10.2. The number of hydrogen-bond acceptors (Lipinski definition) is 4. The molecule has 1 aromatic heterocycles. The van der Waals surface area contributed by atoms with Gasteiger partial charge >= 0.3 is 6.18 Å². The molecule has 1 amide bonds. The number of hydrazone groups is 1. The number of rotatable bonds is 5. The Morgan fingerprint density at radius 3 is 2.36 bits per heavy atom. The van der Waals surface area contributed by atoms with Gasteiger partial charge in [0.1, 0.15) is 12.4 Å². The summed E-state index contributed by atoms with van der Waals surface area (Å²) in [5.74, 6) is -1.11. The molecular weight excluding hydrogens is 460 g/mol.